The monoisotopic (exact) mass is 384 g/mol. The Balaban J connectivity index is 1.46. The third kappa shape index (κ3) is 5.56. The Morgan fingerprint density at radius 1 is 1.18 bits per heavy atom. The van der Waals surface area contributed by atoms with E-state index in [2.05, 4.69) is 63.4 Å². The Morgan fingerprint density at radius 3 is 2.57 bits per heavy atom. The van der Waals surface area contributed by atoms with Crippen molar-refractivity contribution >= 4 is 5.96 Å². The molecule has 152 valence electrons. The van der Waals surface area contributed by atoms with Crippen molar-refractivity contribution < 1.29 is 4.42 Å². The van der Waals surface area contributed by atoms with E-state index in [1.54, 1.807) is 13.3 Å². The topological polar surface area (TPSA) is 68.9 Å². The smallest absolute Gasteiger partial charge is 0.226 e. The minimum absolute atomic E-state index is 0.465. The number of nitrogens with one attached hydrogen (secondary N) is 2. The van der Waals surface area contributed by atoms with Crippen LogP contribution in [0.15, 0.2) is 39.9 Å². The summed E-state index contributed by atoms with van der Waals surface area (Å²) in [5, 5.41) is 6.73. The van der Waals surface area contributed by atoms with Crippen LogP contribution in [0.2, 0.25) is 0 Å². The summed E-state index contributed by atoms with van der Waals surface area (Å²) in [6.45, 7) is 10.3. The van der Waals surface area contributed by atoms with Gasteiger partial charge in [0.05, 0.1) is 12.2 Å². The number of aryl methyl sites for hydroxylation is 1. The maximum absolute atomic E-state index is 5.62. The number of piperazine rings is 1. The second-order valence-electron chi connectivity index (χ2n) is 7.50. The van der Waals surface area contributed by atoms with Gasteiger partial charge in [0.1, 0.15) is 6.26 Å². The summed E-state index contributed by atoms with van der Waals surface area (Å²) in [5.74, 6) is 1.42. The van der Waals surface area contributed by atoms with Gasteiger partial charge in [0.25, 0.3) is 0 Å². The summed E-state index contributed by atoms with van der Waals surface area (Å²) in [6.07, 6.45) is 1.70. The van der Waals surface area contributed by atoms with Gasteiger partial charge in [0.2, 0.25) is 5.89 Å². The van der Waals surface area contributed by atoms with Crippen LogP contribution in [0.3, 0.4) is 0 Å². The van der Waals surface area contributed by atoms with Crippen LogP contribution in [-0.4, -0.2) is 73.6 Å². The molecular weight excluding hydrogens is 352 g/mol. The van der Waals surface area contributed by atoms with Gasteiger partial charge < -0.3 is 20.0 Å². The van der Waals surface area contributed by atoms with Crippen molar-refractivity contribution in [1.82, 2.24) is 25.4 Å². The van der Waals surface area contributed by atoms with E-state index in [0.717, 1.165) is 49.9 Å². The van der Waals surface area contributed by atoms with Crippen LogP contribution in [0.1, 0.15) is 18.2 Å². The quantitative estimate of drug-likeness (QED) is 0.586. The van der Waals surface area contributed by atoms with Gasteiger partial charge >= 0.3 is 0 Å². The van der Waals surface area contributed by atoms with Gasteiger partial charge in [-0.2, -0.15) is 0 Å². The van der Waals surface area contributed by atoms with Crippen molar-refractivity contribution in [3.63, 3.8) is 0 Å². The maximum atomic E-state index is 5.62. The van der Waals surface area contributed by atoms with E-state index in [-0.39, 0.29) is 0 Å². The molecule has 0 saturated carbocycles. The Kier molecular flexibility index (Phi) is 7.06. The van der Waals surface area contributed by atoms with E-state index in [1.807, 2.05) is 12.1 Å². The molecule has 3 rings (SSSR count). The highest BCUT2D eigenvalue weighted by Gasteiger charge is 2.19. The first-order valence-corrected chi connectivity index (χ1v) is 9.93. The second kappa shape index (κ2) is 9.71. The first-order chi connectivity index (χ1) is 13.5. The molecule has 0 radical (unpaired) electrons. The molecule has 0 aliphatic carbocycles. The van der Waals surface area contributed by atoms with Crippen LogP contribution in [0.4, 0.5) is 0 Å². The van der Waals surface area contributed by atoms with Gasteiger partial charge in [-0.1, -0.05) is 17.7 Å². The largest absolute Gasteiger partial charge is 0.444 e. The van der Waals surface area contributed by atoms with E-state index >= 15 is 0 Å². The fourth-order valence-corrected chi connectivity index (χ4v) is 3.25. The normalized spacial score (nSPS) is 17.5. The number of likely N-dealkylation sites (N-methyl/N-ethyl adjacent to an activating group) is 1. The lowest BCUT2D eigenvalue weighted by molar-refractivity contribution is 0.120. The predicted molar refractivity (Wildman–Crippen MR) is 113 cm³/mol. The lowest BCUT2D eigenvalue weighted by Gasteiger charge is -2.36. The van der Waals surface area contributed by atoms with Crippen molar-refractivity contribution in [2.45, 2.75) is 26.4 Å². The van der Waals surface area contributed by atoms with Gasteiger partial charge in [0.15, 0.2) is 5.96 Å². The Labute approximate surface area is 167 Å². The van der Waals surface area contributed by atoms with Gasteiger partial charge in [-0.25, -0.2) is 4.98 Å². The molecule has 1 aromatic heterocycles. The number of aliphatic imine (C=N–C) groups is 1. The summed E-state index contributed by atoms with van der Waals surface area (Å²) in [4.78, 5) is 13.8. The van der Waals surface area contributed by atoms with E-state index in [0.29, 0.717) is 18.5 Å². The summed E-state index contributed by atoms with van der Waals surface area (Å²) in [7, 11) is 3.97. The molecule has 0 bridgehead atoms. The zero-order chi connectivity index (χ0) is 19.9. The van der Waals surface area contributed by atoms with E-state index in [4.69, 9.17) is 4.42 Å². The first-order valence-electron chi connectivity index (χ1n) is 9.93. The van der Waals surface area contributed by atoms with E-state index < -0.39 is 0 Å². The molecule has 1 unspecified atom stereocenters. The van der Waals surface area contributed by atoms with Crippen LogP contribution < -0.4 is 10.6 Å². The van der Waals surface area contributed by atoms with Crippen molar-refractivity contribution in [3.8, 4) is 11.5 Å². The second-order valence-corrected chi connectivity index (χ2v) is 7.50. The molecular formula is C21H32N6O. The van der Waals surface area contributed by atoms with Gasteiger partial charge in [-0.05, 0) is 33.0 Å². The molecule has 1 aromatic carbocycles. The Morgan fingerprint density at radius 2 is 1.89 bits per heavy atom. The first kappa shape index (κ1) is 20.4. The predicted octanol–water partition coefficient (Wildman–Crippen LogP) is 1.95. The summed E-state index contributed by atoms with van der Waals surface area (Å²) in [5.41, 5.74) is 3.06. The number of hydrogen-bond acceptors (Lipinski definition) is 5. The zero-order valence-corrected chi connectivity index (χ0v) is 17.4. The fourth-order valence-electron chi connectivity index (χ4n) is 3.25. The molecule has 1 atom stereocenters. The van der Waals surface area contributed by atoms with Crippen molar-refractivity contribution in [1.29, 1.82) is 0 Å². The average Bonchev–Trinajstić information content (AvgIpc) is 3.18. The van der Waals surface area contributed by atoms with Crippen LogP contribution >= 0.6 is 0 Å². The number of benzene rings is 1. The highest BCUT2D eigenvalue weighted by atomic mass is 16.3. The molecule has 0 amide bonds. The molecule has 7 nitrogen and oxygen atoms in total. The summed E-state index contributed by atoms with van der Waals surface area (Å²) < 4.78 is 5.62. The maximum Gasteiger partial charge on any atom is 0.226 e. The summed E-state index contributed by atoms with van der Waals surface area (Å²) >= 11 is 0. The lowest BCUT2D eigenvalue weighted by Crippen LogP contribution is -2.52. The third-order valence-electron chi connectivity index (χ3n) is 5.24. The van der Waals surface area contributed by atoms with Crippen LogP contribution in [0, 0.1) is 6.92 Å². The number of rotatable bonds is 6. The molecule has 1 fully saturated rings. The minimum atomic E-state index is 0.465. The third-order valence-corrected chi connectivity index (χ3v) is 5.24. The molecule has 7 heteroatoms. The van der Waals surface area contributed by atoms with Crippen molar-refractivity contribution in [2.24, 2.45) is 4.99 Å². The highest BCUT2D eigenvalue weighted by molar-refractivity contribution is 5.79. The number of oxazole rings is 1. The molecule has 1 aliphatic heterocycles. The minimum Gasteiger partial charge on any atom is -0.444 e. The highest BCUT2D eigenvalue weighted by Crippen LogP contribution is 2.18. The molecule has 28 heavy (non-hydrogen) atoms. The van der Waals surface area contributed by atoms with Crippen LogP contribution in [0.5, 0.6) is 0 Å². The number of aromatic nitrogens is 1. The molecule has 1 saturated heterocycles. The molecule has 2 heterocycles. The zero-order valence-electron chi connectivity index (χ0n) is 17.4. The molecule has 0 spiro atoms. The van der Waals surface area contributed by atoms with Gasteiger partial charge in [-0.15, -0.1) is 0 Å². The van der Waals surface area contributed by atoms with Crippen LogP contribution in [-0.2, 0) is 6.54 Å². The van der Waals surface area contributed by atoms with Crippen molar-refractivity contribution in [2.75, 3.05) is 46.8 Å². The Hall–Kier alpha value is -2.38. The number of nitrogens with zero attached hydrogens (tertiary/aromatic N) is 4. The van der Waals surface area contributed by atoms with Gasteiger partial charge in [-0.3, -0.25) is 9.89 Å². The standard InChI is InChI=1S/C21H32N6O/c1-16-5-7-18(8-6-16)20-25-19(15-28-20)14-24-21(22-3)23-13-17(2)27-11-9-26(4)10-12-27/h5-8,15,17H,9-14H2,1-4H3,(H2,22,23,24). The lowest BCUT2D eigenvalue weighted by atomic mass is 10.1. The summed E-state index contributed by atoms with van der Waals surface area (Å²) in [6, 6.07) is 8.64. The Bertz CT molecular complexity index is 761. The van der Waals surface area contributed by atoms with Gasteiger partial charge in [0, 0.05) is 51.4 Å². The number of hydrogen-bond donors (Lipinski definition) is 2. The fraction of sp³-hybridized carbons (Fsp3) is 0.524. The molecule has 1 aliphatic rings. The molecule has 2 aromatic rings. The van der Waals surface area contributed by atoms with Crippen LogP contribution in [0.25, 0.3) is 11.5 Å². The number of guanidine groups is 1. The average molecular weight is 385 g/mol. The van der Waals surface area contributed by atoms with E-state index in [1.165, 1.54) is 5.56 Å². The molecule has 2 N–H and O–H groups in total. The SMILES string of the molecule is CN=C(NCc1coc(-c2ccc(C)cc2)n1)NCC(C)N1CCN(C)CC1. The van der Waals surface area contributed by atoms with Crippen molar-refractivity contribution in [3.05, 3.63) is 41.8 Å². The van der Waals surface area contributed by atoms with E-state index in [9.17, 15) is 0 Å².